The summed E-state index contributed by atoms with van der Waals surface area (Å²) in [4.78, 5) is 25.5. The van der Waals surface area contributed by atoms with Gasteiger partial charge in [0.05, 0.1) is 18.9 Å². The van der Waals surface area contributed by atoms with Crippen LogP contribution in [0, 0.1) is 0 Å². The number of Topliss-reactive ketones (excluding diaryl/α,β-unsaturated/α-hetero) is 1. The number of nitrogens with zero attached hydrogens (tertiary/aromatic N) is 1. The average Bonchev–Trinajstić information content (AvgIpc) is 2.97. The molecule has 0 spiro atoms. The van der Waals surface area contributed by atoms with Crippen molar-refractivity contribution < 1.29 is 23.5 Å². The fraction of sp³-hybridized carbons (Fsp3) is 0.625. The Hall–Kier alpha value is -1.82. The molecule has 6 heteroatoms. The Morgan fingerprint density at radius 1 is 1.41 bits per heavy atom. The Kier molecular flexibility index (Phi) is 5.24. The van der Waals surface area contributed by atoms with E-state index in [1.807, 2.05) is 20.8 Å². The van der Waals surface area contributed by atoms with E-state index in [-0.39, 0.29) is 24.6 Å². The maximum absolute atomic E-state index is 12.1. The quantitative estimate of drug-likeness (QED) is 0.800. The molecule has 0 saturated carbocycles. The monoisotopic (exact) mass is 309 g/mol. The van der Waals surface area contributed by atoms with Crippen LogP contribution < -0.4 is 0 Å². The first-order valence-corrected chi connectivity index (χ1v) is 7.51. The second kappa shape index (κ2) is 6.96. The van der Waals surface area contributed by atoms with Gasteiger partial charge in [0.2, 0.25) is 5.78 Å². The molecule has 1 atom stereocenters. The van der Waals surface area contributed by atoms with Gasteiger partial charge in [0.25, 0.3) is 0 Å². The summed E-state index contributed by atoms with van der Waals surface area (Å²) in [6.45, 7) is 6.57. The van der Waals surface area contributed by atoms with E-state index >= 15 is 0 Å². The molecule has 1 amide bonds. The van der Waals surface area contributed by atoms with Gasteiger partial charge in [-0.05, 0) is 45.7 Å². The first kappa shape index (κ1) is 16.5. The summed E-state index contributed by atoms with van der Waals surface area (Å²) in [5, 5.41) is 0. The largest absolute Gasteiger partial charge is 0.461 e. The van der Waals surface area contributed by atoms with Crippen molar-refractivity contribution in [3.8, 4) is 0 Å². The third kappa shape index (κ3) is 4.87. The number of hydrogen-bond acceptors (Lipinski definition) is 5. The lowest BCUT2D eigenvalue weighted by Crippen LogP contribution is -2.45. The molecule has 1 aromatic heterocycles. The molecule has 0 radical (unpaired) electrons. The number of likely N-dealkylation sites (tertiary alicyclic amines) is 1. The Morgan fingerprint density at radius 3 is 2.82 bits per heavy atom. The number of carbonyl (C=O) groups is 2. The molecule has 1 aromatic rings. The van der Waals surface area contributed by atoms with Crippen LogP contribution in [0.2, 0.25) is 0 Å². The van der Waals surface area contributed by atoms with Gasteiger partial charge in [0.1, 0.15) is 12.2 Å². The van der Waals surface area contributed by atoms with Gasteiger partial charge in [-0.25, -0.2) is 4.79 Å². The molecule has 6 nitrogen and oxygen atoms in total. The minimum Gasteiger partial charge on any atom is -0.461 e. The normalized spacial score (nSPS) is 19.0. The zero-order valence-electron chi connectivity index (χ0n) is 13.3. The van der Waals surface area contributed by atoms with E-state index in [4.69, 9.17) is 13.9 Å². The van der Waals surface area contributed by atoms with Gasteiger partial charge >= 0.3 is 6.09 Å². The zero-order chi connectivity index (χ0) is 16.2. The molecule has 1 unspecified atom stereocenters. The van der Waals surface area contributed by atoms with Crippen LogP contribution in [0.4, 0.5) is 4.79 Å². The van der Waals surface area contributed by atoms with E-state index in [1.54, 1.807) is 17.0 Å². The Balaban J connectivity index is 1.80. The van der Waals surface area contributed by atoms with Crippen LogP contribution in [0.15, 0.2) is 22.8 Å². The van der Waals surface area contributed by atoms with Crippen molar-refractivity contribution in [2.24, 2.45) is 0 Å². The maximum atomic E-state index is 12.1. The summed E-state index contributed by atoms with van der Waals surface area (Å²) in [5.41, 5.74) is -0.514. The molecule has 2 heterocycles. The molecular weight excluding hydrogens is 286 g/mol. The lowest BCUT2D eigenvalue weighted by Gasteiger charge is -2.33. The highest BCUT2D eigenvalue weighted by Crippen LogP contribution is 2.17. The summed E-state index contributed by atoms with van der Waals surface area (Å²) in [6.07, 6.45) is 2.63. The minimum absolute atomic E-state index is 0.0413. The molecule has 1 saturated heterocycles. The molecule has 0 aliphatic carbocycles. The highest BCUT2D eigenvalue weighted by atomic mass is 16.6. The molecule has 122 valence electrons. The SMILES string of the molecule is CC(C)(C)OC(=O)N1CCCC(OCC(=O)c2ccco2)C1. The molecule has 1 aliphatic heterocycles. The predicted octanol–water partition coefficient (Wildman–Crippen LogP) is 2.88. The van der Waals surface area contributed by atoms with Crippen molar-refractivity contribution >= 4 is 11.9 Å². The number of piperidine rings is 1. The Bertz CT molecular complexity index is 503. The van der Waals surface area contributed by atoms with Gasteiger partial charge in [0, 0.05) is 6.54 Å². The van der Waals surface area contributed by atoms with E-state index in [2.05, 4.69) is 0 Å². The molecule has 0 bridgehead atoms. The standard InChI is InChI=1S/C16H23NO5/c1-16(2,3)22-15(19)17-8-4-6-12(10-17)21-11-13(18)14-7-5-9-20-14/h5,7,9,12H,4,6,8,10-11H2,1-3H3. The van der Waals surface area contributed by atoms with Crippen molar-refractivity contribution in [2.75, 3.05) is 19.7 Å². The van der Waals surface area contributed by atoms with E-state index in [0.29, 0.717) is 18.8 Å². The molecular formula is C16H23NO5. The number of amides is 1. The van der Waals surface area contributed by atoms with E-state index in [9.17, 15) is 9.59 Å². The minimum atomic E-state index is -0.514. The summed E-state index contributed by atoms with van der Waals surface area (Å²) < 4.78 is 16.0. The van der Waals surface area contributed by atoms with Gasteiger partial charge in [-0.15, -0.1) is 0 Å². The van der Waals surface area contributed by atoms with Gasteiger partial charge in [0.15, 0.2) is 5.76 Å². The van der Waals surface area contributed by atoms with E-state index in [0.717, 1.165) is 12.8 Å². The highest BCUT2D eigenvalue weighted by Gasteiger charge is 2.28. The van der Waals surface area contributed by atoms with Crippen LogP contribution in [0.1, 0.15) is 44.2 Å². The summed E-state index contributed by atoms with van der Waals surface area (Å²) in [7, 11) is 0. The second-order valence-corrected chi connectivity index (χ2v) is 6.40. The first-order valence-electron chi connectivity index (χ1n) is 7.51. The number of rotatable bonds is 4. The number of hydrogen-bond donors (Lipinski definition) is 0. The molecule has 2 rings (SSSR count). The van der Waals surface area contributed by atoms with Gasteiger partial charge in [-0.3, -0.25) is 4.79 Å². The van der Waals surface area contributed by atoms with E-state index < -0.39 is 5.60 Å². The fourth-order valence-electron chi connectivity index (χ4n) is 2.27. The van der Waals surface area contributed by atoms with Crippen LogP contribution in [-0.2, 0) is 9.47 Å². The highest BCUT2D eigenvalue weighted by molar-refractivity contribution is 5.94. The Labute approximate surface area is 130 Å². The lowest BCUT2D eigenvalue weighted by atomic mass is 10.1. The summed E-state index contributed by atoms with van der Waals surface area (Å²) in [5.74, 6) is 0.0965. The maximum Gasteiger partial charge on any atom is 0.410 e. The number of ether oxygens (including phenoxy) is 2. The van der Waals surface area contributed by atoms with Crippen molar-refractivity contribution in [3.63, 3.8) is 0 Å². The molecule has 0 N–H and O–H groups in total. The summed E-state index contributed by atoms with van der Waals surface area (Å²) >= 11 is 0. The van der Waals surface area contributed by atoms with Crippen LogP contribution >= 0.6 is 0 Å². The third-order valence-corrected chi connectivity index (χ3v) is 3.28. The zero-order valence-corrected chi connectivity index (χ0v) is 13.3. The summed E-state index contributed by atoms with van der Waals surface area (Å²) in [6, 6.07) is 3.28. The van der Waals surface area contributed by atoms with Crippen LogP contribution in [0.25, 0.3) is 0 Å². The lowest BCUT2D eigenvalue weighted by molar-refractivity contribution is -0.0166. The van der Waals surface area contributed by atoms with Crippen molar-refractivity contribution in [2.45, 2.75) is 45.3 Å². The predicted molar refractivity (Wildman–Crippen MR) is 79.8 cm³/mol. The molecule has 1 aliphatic rings. The van der Waals surface area contributed by atoms with Crippen molar-refractivity contribution in [1.29, 1.82) is 0 Å². The molecule has 1 fully saturated rings. The molecule has 22 heavy (non-hydrogen) atoms. The van der Waals surface area contributed by atoms with Gasteiger partial charge < -0.3 is 18.8 Å². The first-order chi connectivity index (χ1) is 10.3. The van der Waals surface area contributed by atoms with Gasteiger partial charge in [-0.2, -0.15) is 0 Å². The topological polar surface area (TPSA) is 69.0 Å². The second-order valence-electron chi connectivity index (χ2n) is 6.40. The van der Waals surface area contributed by atoms with Crippen LogP contribution in [-0.4, -0.2) is 48.2 Å². The third-order valence-electron chi connectivity index (χ3n) is 3.28. The number of carbonyl (C=O) groups excluding carboxylic acids is 2. The van der Waals surface area contributed by atoms with Crippen LogP contribution in [0.3, 0.4) is 0 Å². The fourth-order valence-corrected chi connectivity index (χ4v) is 2.27. The van der Waals surface area contributed by atoms with Gasteiger partial charge in [-0.1, -0.05) is 0 Å². The number of ketones is 1. The molecule has 0 aromatic carbocycles. The Morgan fingerprint density at radius 2 is 2.18 bits per heavy atom. The number of furan rings is 1. The average molecular weight is 309 g/mol. The van der Waals surface area contributed by atoms with Crippen LogP contribution in [0.5, 0.6) is 0 Å². The van der Waals surface area contributed by atoms with Crippen molar-refractivity contribution in [1.82, 2.24) is 4.90 Å². The van der Waals surface area contributed by atoms with E-state index in [1.165, 1.54) is 6.26 Å². The smallest absolute Gasteiger partial charge is 0.410 e. The van der Waals surface area contributed by atoms with Crippen molar-refractivity contribution in [3.05, 3.63) is 24.2 Å².